The summed E-state index contributed by atoms with van der Waals surface area (Å²) in [6.07, 6.45) is 5.84. The Labute approximate surface area is 203 Å². The maximum Gasteiger partial charge on any atom is 0.333 e. The van der Waals surface area contributed by atoms with Gasteiger partial charge in [0.1, 0.15) is 0 Å². The van der Waals surface area contributed by atoms with Gasteiger partial charge in [-0.25, -0.2) is 9.36 Å². The number of likely N-dealkylation sites (tertiary alicyclic amines) is 2. The lowest BCUT2D eigenvalue weighted by molar-refractivity contribution is -0.136. The molecule has 2 aliphatic rings. The molecule has 2 aromatic carbocycles. The summed E-state index contributed by atoms with van der Waals surface area (Å²) in [7, 11) is 0. The number of piperidine rings is 1. The van der Waals surface area contributed by atoms with Gasteiger partial charge in [0.2, 0.25) is 5.91 Å². The zero-order valence-corrected chi connectivity index (χ0v) is 19.7. The lowest BCUT2D eigenvalue weighted by atomic mass is 9.94. The molecule has 3 heterocycles. The van der Waals surface area contributed by atoms with Crippen molar-refractivity contribution in [2.75, 3.05) is 26.2 Å². The van der Waals surface area contributed by atoms with Gasteiger partial charge in [-0.2, -0.15) is 0 Å². The number of benzene rings is 2. The van der Waals surface area contributed by atoms with E-state index in [9.17, 15) is 19.2 Å². The fourth-order valence-electron chi connectivity index (χ4n) is 5.22. The van der Waals surface area contributed by atoms with Crippen molar-refractivity contribution in [2.45, 2.75) is 38.5 Å². The molecule has 0 spiro atoms. The van der Waals surface area contributed by atoms with Gasteiger partial charge in [0, 0.05) is 37.7 Å². The average molecular weight is 475 g/mol. The number of nitrogens with zero attached hydrogens (tertiary/aromatic N) is 3. The summed E-state index contributed by atoms with van der Waals surface area (Å²) >= 11 is 0. The van der Waals surface area contributed by atoms with Gasteiger partial charge >= 0.3 is 5.69 Å². The molecule has 0 saturated carbocycles. The molecule has 2 saturated heterocycles. The fourth-order valence-corrected chi connectivity index (χ4v) is 5.22. The molecule has 1 N–H and O–H groups in total. The second kappa shape index (κ2) is 9.90. The first-order valence-electron chi connectivity index (χ1n) is 12.5. The molecule has 1 aromatic heterocycles. The van der Waals surface area contributed by atoms with Crippen molar-refractivity contribution in [3.8, 4) is 5.69 Å². The Hall–Kier alpha value is -3.68. The van der Waals surface area contributed by atoms with E-state index in [2.05, 4.69) is 4.98 Å². The maximum atomic E-state index is 13.2. The summed E-state index contributed by atoms with van der Waals surface area (Å²) in [6, 6.07) is 13.5. The van der Waals surface area contributed by atoms with Crippen LogP contribution in [0.1, 0.15) is 48.9 Å². The Morgan fingerprint density at radius 3 is 2.17 bits per heavy atom. The number of hydrogen-bond donors (Lipinski definition) is 1. The van der Waals surface area contributed by atoms with Gasteiger partial charge in [-0.1, -0.05) is 31.0 Å². The van der Waals surface area contributed by atoms with E-state index in [0.717, 1.165) is 30.5 Å². The molecule has 2 amide bonds. The number of nitrogens with one attached hydrogen (secondary N) is 1. The van der Waals surface area contributed by atoms with Crippen LogP contribution in [-0.4, -0.2) is 57.3 Å². The van der Waals surface area contributed by atoms with Crippen molar-refractivity contribution >= 4 is 22.7 Å². The fraction of sp³-hybridized carbons (Fsp3) is 0.407. The van der Waals surface area contributed by atoms with Crippen molar-refractivity contribution < 1.29 is 9.59 Å². The van der Waals surface area contributed by atoms with Crippen molar-refractivity contribution in [3.05, 3.63) is 74.9 Å². The van der Waals surface area contributed by atoms with Crippen molar-refractivity contribution in [2.24, 2.45) is 5.92 Å². The Morgan fingerprint density at radius 2 is 1.49 bits per heavy atom. The van der Waals surface area contributed by atoms with Gasteiger partial charge in [0.25, 0.3) is 11.5 Å². The number of para-hydroxylation sites is 1. The van der Waals surface area contributed by atoms with Crippen molar-refractivity contribution in [3.63, 3.8) is 0 Å². The van der Waals surface area contributed by atoms with Crippen LogP contribution >= 0.6 is 0 Å². The predicted molar refractivity (Wildman–Crippen MR) is 134 cm³/mol. The van der Waals surface area contributed by atoms with Gasteiger partial charge in [-0.05, 0) is 56.0 Å². The number of amides is 2. The van der Waals surface area contributed by atoms with E-state index in [1.54, 1.807) is 47.4 Å². The highest BCUT2D eigenvalue weighted by Gasteiger charge is 2.31. The van der Waals surface area contributed by atoms with E-state index in [1.807, 2.05) is 11.0 Å². The van der Waals surface area contributed by atoms with Gasteiger partial charge in [0.05, 0.1) is 16.6 Å². The molecule has 0 bridgehead atoms. The molecule has 0 atom stereocenters. The van der Waals surface area contributed by atoms with Crippen LogP contribution in [0.4, 0.5) is 0 Å². The first-order valence-corrected chi connectivity index (χ1v) is 12.5. The normalized spacial score (nSPS) is 17.4. The molecule has 5 rings (SSSR count). The van der Waals surface area contributed by atoms with E-state index in [0.29, 0.717) is 48.1 Å². The smallest absolute Gasteiger partial charge is 0.333 e. The Balaban J connectivity index is 1.31. The number of carbonyl (C=O) groups excluding carboxylic acids is 2. The standard InChI is InChI=1S/C27H30N4O4/c32-24(29-14-6-1-2-7-15-29)19-12-16-30(17-13-19)25(33)20-10-11-22-23(18-20)28-27(35)31(26(22)34)21-8-4-3-5-9-21/h3-5,8-11,18-19H,1-2,6-7,12-17H2,(H,28,35). The summed E-state index contributed by atoms with van der Waals surface area (Å²) in [4.78, 5) is 58.3. The van der Waals surface area contributed by atoms with Gasteiger partial charge in [-0.3, -0.25) is 14.4 Å². The van der Waals surface area contributed by atoms with Crippen LogP contribution in [0.3, 0.4) is 0 Å². The Bertz CT molecular complexity index is 1350. The number of fused-ring (bicyclic) bond motifs is 1. The summed E-state index contributed by atoms with van der Waals surface area (Å²) < 4.78 is 1.09. The summed E-state index contributed by atoms with van der Waals surface area (Å²) in [5.41, 5.74) is 0.262. The van der Waals surface area contributed by atoms with Crippen LogP contribution in [0.5, 0.6) is 0 Å². The molecule has 0 radical (unpaired) electrons. The molecule has 2 fully saturated rings. The van der Waals surface area contributed by atoms with Crippen molar-refractivity contribution in [1.82, 2.24) is 19.4 Å². The molecule has 0 unspecified atom stereocenters. The number of aromatic nitrogens is 2. The summed E-state index contributed by atoms with van der Waals surface area (Å²) in [6.45, 7) is 2.74. The van der Waals surface area contributed by atoms with Crippen LogP contribution in [0, 0.1) is 5.92 Å². The second-order valence-corrected chi connectivity index (χ2v) is 9.47. The summed E-state index contributed by atoms with van der Waals surface area (Å²) in [5, 5.41) is 0.340. The van der Waals surface area contributed by atoms with Crippen molar-refractivity contribution in [1.29, 1.82) is 0 Å². The van der Waals surface area contributed by atoms with Gasteiger partial charge < -0.3 is 14.8 Å². The number of hydrogen-bond acceptors (Lipinski definition) is 4. The molecule has 8 heteroatoms. The maximum absolute atomic E-state index is 13.2. The highest BCUT2D eigenvalue weighted by Crippen LogP contribution is 2.23. The predicted octanol–water partition coefficient (Wildman–Crippen LogP) is 2.93. The van der Waals surface area contributed by atoms with Crippen LogP contribution in [0.2, 0.25) is 0 Å². The molecule has 0 aliphatic carbocycles. The average Bonchev–Trinajstić information content (AvgIpc) is 3.18. The van der Waals surface area contributed by atoms with Crippen LogP contribution < -0.4 is 11.2 Å². The lowest BCUT2D eigenvalue weighted by Crippen LogP contribution is -2.44. The zero-order valence-electron chi connectivity index (χ0n) is 19.7. The van der Waals surface area contributed by atoms with Gasteiger partial charge in [0.15, 0.2) is 0 Å². The second-order valence-electron chi connectivity index (χ2n) is 9.47. The number of rotatable bonds is 3. The number of H-pyrrole nitrogens is 1. The monoisotopic (exact) mass is 474 g/mol. The minimum atomic E-state index is -0.550. The third kappa shape index (κ3) is 4.65. The van der Waals surface area contributed by atoms with E-state index in [1.165, 1.54) is 12.8 Å². The Morgan fingerprint density at radius 1 is 0.800 bits per heavy atom. The topological polar surface area (TPSA) is 95.5 Å². The Kier molecular flexibility index (Phi) is 6.53. The third-order valence-corrected chi connectivity index (χ3v) is 7.21. The van der Waals surface area contributed by atoms with Crippen LogP contribution in [0.25, 0.3) is 16.6 Å². The van der Waals surface area contributed by atoms with E-state index < -0.39 is 11.2 Å². The number of aromatic amines is 1. The highest BCUT2D eigenvalue weighted by atomic mass is 16.2. The highest BCUT2D eigenvalue weighted by molar-refractivity contribution is 5.97. The molecule has 182 valence electrons. The molecule has 2 aliphatic heterocycles. The minimum absolute atomic E-state index is 0.0263. The first kappa shape index (κ1) is 23.1. The lowest BCUT2D eigenvalue weighted by Gasteiger charge is -2.34. The van der Waals surface area contributed by atoms with E-state index in [-0.39, 0.29) is 17.7 Å². The molecule has 3 aromatic rings. The quantitative estimate of drug-likeness (QED) is 0.631. The molecular weight excluding hydrogens is 444 g/mol. The zero-order chi connectivity index (χ0) is 24.4. The minimum Gasteiger partial charge on any atom is -0.342 e. The molecular formula is C27H30N4O4. The van der Waals surface area contributed by atoms with Gasteiger partial charge in [-0.15, -0.1) is 0 Å². The molecule has 8 nitrogen and oxygen atoms in total. The van der Waals surface area contributed by atoms with Crippen LogP contribution in [0.15, 0.2) is 58.1 Å². The summed E-state index contributed by atoms with van der Waals surface area (Å²) in [5.74, 6) is 0.0548. The first-order chi connectivity index (χ1) is 17.0. The van der Waals surface area contributed by atoms with Crippen LogP contribution in [-0.2, 0) is 4.79 Å². The number of carbonyl (C=O) groups is 2. The SMILES string of the molecule is O=C(c1ccc2c(=O)n(-c3ccccc3)c(=O)[nH]c2c1)N1CCC(C(=O)N2CCCCCC2)CC1. The third-order valence-electron chi connectivity index (χ3n) is 7.21. The van der Waals surface area contributed by atoms with E-state index in [4.69, 9.17) is 0 Å². The van der Waals surface area contributed by atoms with E-state index >= 15 is 0 Å². The largest absolute Gasteiger partial charge is 0.342 e. The molecule has 35 heavy (non-hydrogen) atoms.